The number of hydrogen-bond acceptors (Lipinski definition) is 4. The van der Waals surface area contributed by atoms with Crippen molar-refractivity contribution >= 4 is 27.6 Å². The highest BCUT2D eigenvalue weighted by Gasteiger charge is 2.26. The van der Waals surface area contributed by atoms with Crippen molar-refractivity contribution in [3.8, 4) is 0 Å². The zero-order valence-corrected chi connectivity index (χ0v) is 11.3. The Hall–Kier alpha value is -1.10. The summed E-state index contributed by atoms with van der Waals surface area (Å²) < 4.78 is 5.77. The van der Waals surface area contributed by atoms with E-state index in [0.717, 1.165) is 36.1 Å². The van der Waals surface area contributed by atoms with Crippen molar-refractivity contribution in [2.24, 2.45) is 5.92 Å². The van der Waals surface area contributed by atoms with E-state index < -0.39 is 0 Å². The minimum Gasteiger partial charge on any atom is -0.469 e. The molecule has 2 heterocycles. The minimum atomic E-state index is -0.0848. The van der Waals surface area contributed by atoms with Gasteiger partial charge >= 0.3 is 5.97 Å². The molecule has 0 aliphatic carbocycles. The quantitative estimate of drug-likeness (QED) is 0.785. The van der Waals surface area contributed by atoms with E-state index in [1.54, 1.807) is 12.4 Å². The van der Waals surface area contributed by atoms with Crippen LogP contribution in [-0.4, -0.2) is 31.2 Å². The summed E-state index contributed by atoms with van der Waals surface area (Å²) in [6.07, 6.45) is 5.27. The van der Waals surface area contributed by atoms with Crippen LogP contribution in [0.1, 0.15) is 12.8 Å². The van der Waals surface area contributed by atoms with Gasteiger partial charge in [0, 0.05) is 25.5 Å². The van der Waals surface area contributed by atoms with Crippen molar-refractivity contribution in [3.05, 3.63) is 22.9 Å². The molecule has 92 valence electrons. The van der Waals surface area contributed by atoms with Crippen LogP contribution in [0.3, 0.4) is 0 Å². The number of carbonyl (C=O) groups excluding carboxylic acids is 1. The maximum Gasteiger partial charge on any atom is 0.308 e. The molecule has 0 aromatic carbocycles. The van der Waals surface area contributed by atoms with Crippen molar-refractivity contribution in [2.45, 2.75) is 12.8 Å². The van der Waals surface area contributed by atoms with E-state index in [9.17, 15) is 4.79 Å². The van der Waals surface area contributed by atoms with Crippen molar-refractivity contribution in [1.82, 2.24) is 4.98 Å². The van der Waals surface area contributed by atoms with E-state index in [2.05, 4.69) is 25.8 Å². The standard InChI is InChI=1S/C12H15BrN2O2/c1-17-12(16)9-3-6-15(7-4-9)11-2-5-14-8-10(11)13/h2,5,8-9H,3-4,6-7H2,1H3. The van der Waals surface area contributed by atoms with Crippen LogP contribution >= 0.6 is 15.9 Å². The highest BCUT2D eigenvalue weighted by atomic mass is 79.9. The van der Waals surface area contributed by atoms with Gasteiger partial charge in [0.15, 0.2) is 0 Å². The van der Waals surface area contributed by atoms with Crippen molar-refractivity contribution in [2.75, 3.05) is 25.1 Å². The molecule has 0 N–H and O–H groups in total. The van der Waals surface area contributed by atoms with E-state index >= 15 is 0 Å². The summed E-state index contributed by atoms with van der Waals surface area (Å²) in [6.45, 7) is 1.75. The number of nitrogens with zero attached hydrogens (tertiary/aromatic N) is 2. The van der Waals surface area contributed by atoms with Crippen LogP contribution in [0.5, 0.6) is 0 Å². The number of hydrogen-bond donors (Lipinski definition) is 0. The first kappa shape index (κ1) is 12.4. The summed E-state index contributed by atoms with van der Waals surface area (Å²) in [5, 5.41) is 0. The molecule has 0 radical (unpaired) electrons. The summed E-state index contributed by atoms with van der Waals surface area (Å²) in [4.78, 5) is 17.7. The number of carbonyl (C=O) groups is 1. The number of esters is 1. The summed E-state index contributed by atoms with van der Waals surface area (Å²) >= 11 is 3.49. The lowest BCUT2D eigenvalue weighted by Crippen LogP contribution is -2.36. The fourth-order valence-electron chi connectivity index (χ4n) is 2.15. The van der Waals surface area contributed by atoms with E-state index in [0.29, 0.717) is 0 Å². The van der Waals surface area contributed by atoms with Crippen LogP contribution in [0.15, 0.2) is 22.9 Å². The molecule has 1 aliphatic heterocycles. The second-order valence-corrected chi connectivity index (χ2v) is 4.97. The number of aromatic nitrogens is 1. The van der Waals surface area contributed by atoms with Gasteiger partial charge in [0.2, 0.25) is 0 Å². The number of ether oxygens (including phenoxy) is 1. The smallest absolute Gasteiger partial charge is 0.308 e. The second-order valence-electron chi connectivity index (χ2n) is 4.11. The van der Waals surface area contributed by atoms with Crippen LogP contribution in [0.2, 0.25) is 0 Å². The Kier molecular flexibility index (Phi) is 3.99. The Morgan fingerprint density at radius 1 is 1.53 bits per heavy atom. The normalized spacial score (nSPS) is 16.9. The minimum absolute atomic E-state index is 0.0527. The largest absolute Gasteiger partial charge is 0.469 e. The van der Waals surface area contributed by atoms with Crippen LogP contribution in [0.4, 0.5) is 5.69 Å². The summed E-state index contributed by atoms with van der Waals surface area (Å²) in [5.74, 6) is -0.0321. The topological polar surface area (TPSA) is 42.4 Å². The van der Waals surface area contributed by atoms with Gasteiger partial charge in [-0.25, -0.2) is 0 Å². The van der Waals surface area contributed by atoms with E-state index in [4.69, 9.17) is 4.74 Å². The van der Waals surface area contributed by atoms with Gasteiger partial charge in [-0.05, 0) is 34.8 Å². The lowest BCUT2D eigenvalue weighted by atomic mass is 9.97. The van der Waals surface area contributed by atoms with Gasteiger partial charge in [-0.1, -0.05) is 0 Å². The Balaban J connectivity index is 2.00. The first-order valence-corrected chi connectivity index (χ1v) is 6.44. The van der Waals surface area contributed by atoms with Crippen LogP contribution in [-0.2, 0) is 9.53 Å². The van der Waals surface area contributed by atoms with Crippen molar-refractivity contribution in [3.63, 3.8) is 0 Å². The molecule has 1 fully saturated rings. The van der Waals surface area contributed by atoms with Crippen molar-refractivity contribution in [1.29, 1.82) is 0 Å². The van der Waals surface area contributed by atoms with Crippen LogP contribution in [0, 0.1) is 5.92 Å². The maximum atomic E-state index is 11.4. The molecule has 1 saturated heterocycles. The maximum absolute atomic E-state index is 11.4. The van der Waals surface area contributed by atoms with Gasteiger partial charge in [0.1, 0.15) is 0 Å². The number of piperidine rings is 1. The Morgan fingerprint density at radius 3 is 2.82 bits per heavy atom. The lowest BCUT2D eigenvalue weighted by Gasteiger charge is -2.32. The highest BCUT2D eigenvalue weighted by molar-refractivity contribution is 9.10. The first-order valence-electron chi connectivity index (χ1n) is 5.64. The van der Waals surface area contributed by atoms with Gasteiger partial charge in [0.05, 0.1) is 23.2 Å². The summed E-state index contributed by atoms with van der Waals surface area (Å²) in [7, 11) is 1.45. The molecule has 0 atom stereocenters. The SMILES string of the molecule is COC(=O)C1CCN(c2ccncc2Br)CC1. The van der Waals surface area contributed by atoms with Gasteiger partial charge in [-0.2, -0.15) is 0 Å². The second kappa shape index (κ2) is 5.49. The number of anilines is 1. The molecule has 1 aromatic heterocycles. The van der Waals surface area contributed by atoms with Gasteiger partial charge < -0.3 is 9.64 Å². The predicted octanol–water partition coefficient (Wildman–Crippen LogP) is 2.23. The van der Waals surface area contributed by atoms with E-state index in [1.165, 1.54) is 7.11 Å². The fourth-order valence-corrected chi connectivity index (χ4v) is 2.65. The Morgan fingerprint density at radius 2 is 2.24 bits per heavy atom. The number of halogens is 1. The molecule has 5 heteroatoms. The van der Waals surface area contributed by atoms with Crippen LogP contribution in [0.25, 0.3) is 0 Å². The molecule has 0 unspecified atom stereocenters. The third-order valence-electron chi connectivity index (χ3n) is 3.12. The van der Waals surface area contributed by atoms with Crippen LogP contribution < -0.4 is 4.90 Å². The van der Waals surface area contributed by atoms with Gasteiger partial charge in [0.25, 0.3) is 0 Å². The van der Waals surface area contributed by atoms with Gasteiger partial charge in [-0.15, -0.1) is 0 Å². The summed E-state index contributed by atoms with van der Waals surface area (Å²) in [5.41, 5.74) is 1.14. The molecular formula is C12H15BrN2O2. The molecule has 0 amide bonds. The number of methoxy groups -OCH3 is 1. The Labute approximate surface area is 109 Å². The first-order chi connectivity index (χ1) is 8.22. The zero-order chi connectivity index (χ0) is 12.3. The molecule has 4 nitrogen and oxygen atoms in total. The molecular weight excluding hydrogens is 284 g/mol. The lowest BCUT2D eigenvalue weighted by molar-refractivity contribution is -0.146. The highest BCUT2D eigenvalue weighted by Crippen LogP contribution is 2.29. The Bertz CT molecular complexity index is 403. The molecule has 1 aromatic rings. The number of pyridine rings is 1. The van der Waals surface area contributed by atoms with Crippen molar-refractivity contribution < 1.29 is 9.53 Å². The molecule has 0 saturated carbocycles. The molecule has 2 rings (SSSR count). The predicted molar refractivity (Wildman–Crippen MR) is 68.9 cm³/mol. The third-order valence-corrected chi connectivity index (χ3v) is 3.73. The number of rotatable bonds is 2. The third kappa shape index (κ3) is 2.77. The molecule has 17 heavy (non-hydrogen) atoms. The monoisotopic (exact) mass is 298 g/mol. The van der Waals surface area contributed by atoms with E-state index in [-0.39, 0.29) is 11.9 Å². The molecule has 1 aliphatic rings. The molecule has 0 spiro atoms. The zero-order valence-electron chi connectivity index (χ0n) is 9.73. The fraction of sp³-hybridized carbons (Fsp3) is 0.500. The average Bonchev–Trinajstić information content (AvgIpc) is 2.39. The van der Waals surface area contributed by atoms with Gasteiger partial charge in [-0.3, -0.25) is 9.78 Å². The summed E-state index contributed by atoms with van der Waals surface area (Å²) in [6, 6.07) is 1.99. The van der Waals surface area contributed by atoms with E-state index in [1.807, 2.05) is 6.07 Å². The average molecular weight is 299 g/mol. The molecule has 0 bridgehead atoms.